The van der Waals surface area contributed by atoms with Gasteiger partial charge < -0.3 is 10.5 Å². The second-order valence-electron chi connectivity index (χ2n) is 7.41. The maximum absolute atomic E-state index is 13.5. The van der Waals surface area contributed by atoms with E-state index in [-0.39, 0.29) is 12.6 Å². The normalized spacial score (nSPS) is 19.4. The molecule has 0 aromatic heterocycles. The van der Waals surface area contributed by atoms with Gasteiger partial charge >= 0.3 is 0 Å². The van der Waals surface area contributed by atoms with Crippen LogP contribution in [-0.4, -0.2) is 32.4 Å². The first kappa shape index (κ1) is 18.9. The molecular formula is C21H23N3O3S. The Hall–Kier alpha value is -2.40. The summed E-state index contributed by atoms with van der Waals surface area (Å²) < 4.78 is 34.0. The lowest BCUT2D eigenvalue weighted by molar-refractivity contribution is 0.388. The molecule has 1 heterocycles. The Labute approximate surface area is 165 Å². The first-order valence-electron chi connectivity index (χ1n) is 9.40. The summed E-state index contributed by atoms with van der Waals surface area (Å²) in [7, 11) is -2.06. The standard InChI is InChI=1S/C21H23N3O3S/c1-27-20-6-7-21(18-5-4-17(23)11-19(18)20)28(25,26)24-9-8-15-3-2-14(12-22)10-16(15)13-24/h2-3,6-7,10,17H,4-5,8-9,11,13,23H2,1H3/t17-/m0/s1. The lowest BCUT2D eigenvalue weighted by Crippen LogP contribution is -2.37. The second-order valence-corrected chi connectivity index (χ2v) is 9.32. The maximum atomic E-state index is 13.5. The third-order valence-corrected chi connectivity index (χ3v) is 7.66. The molecule has 2 aromatic rings. The summed E-state index contributed by atoms with van der Waals surface area (Å²) in [5, 5.41) is 9.14. The summed E-state index contributed by atoms with van der Waals surface area (Å²) in [4.78, 5) is 0.357. The van der Waals surface area contributed by atoms with Gasteiger partial charge in [-0.1, -0.05) is 6.07 Å². The molecule has 28 heavy (non-hydrogen) atoms. The quantitative estimate of drug-likeness (QED) is 0.856. The smallest absolute Gasteiger partial charge is 0.243 e. The van der Waals surface area contributed by atoms with Gasteiger partial charge in [-0.2, -0.15) is 9.57 Å². The molecule has 0 saturated carbocycles. The fourth-order valence-electron chi connectivity index (χ4n) is 4.22. The average molecular weight is 398 g/mol. The zero-order valence-electron chi connectivity index (χ0n) is 15.8. The van der Waals surface area contributed by atoms with Crippen LogP contribution in [0.3, 0.4) is 0 Å². The Morgan fingerprint density at radius 1 is 1.18 bits per heavy atom. The minimum atomic E-state index is -3.65. The number of nitrogens with zero attached hydrogens (tertiary/aromatic N) is 2. The van der Waals surface area contributed by atoms with Crippen LogP contribution in [0, 0.1) is 11.3 Å². The van der Waals surface area contributed by atoms with Gasteiger partial charge in [-0.3, -0.25) is 0 Å². The molecule has 0 fully saturated rings. The molecule has 0 radical (unpaired) electrons. The number of fused-ring (bicyclic) bond motifs is 2. The molecule has 0 amide bonds. The molecule has 1 atom stereocenters. The van der Waals surface area contributed by atoms with E-state index < -0.39 is 10.0 Å². The van der Waals surface area contributed by atoms with Crippen LogP contribution < -0.4 is 10.5 Å². The Morgan fingerprint density at radius 2 is 2.00 bits per heavy atom. The van der Waals surface area contributed by atoms with E-state index in [0.717, 1.165) is 28.7 Å². The highest BCUT2D eigenvalue weighted by atomic mass is 32.2. The predicted molar refractivity (Wildman–Crippen MR) is 105 cm³/mol. The number of hydrogen-bond donors (Lipinski definition) is 1. The van der Waals surface area contributed by atoms with Crippen molar-refractivity contribution in [3.05, 3.63) is 58.1 Å². The first-order chi connectivity index (χ1) is 13.4. The van der Waals surface area contributed by atoms with Crippen LogP contribution in [0.2, 0.25) is 0 Å². The van der Waals surface area contributed by atoms with E-state index in [9.17, 15) is 8.42 Å². The fraction of sp³-hybridized carbons (Fsp3) is 0.381. The van der Waals surface area contributed by atoms with Crippen LogP contribution in [0.25, 0.3) is 0 Å². The van der Waals surface area contributed by atoms with Crippen LogP contribution in [0.4, 0.5) is 0 Å². The van der Waals surface area contributed by atoms with Crippen molar-refractivity contribution in [2.45, 2.75) is 43.2 Å². The number of sulfonamides is 1. The molecule has 0 spiro atoms. The van der Waals surface area contributed by atoms with Gasteiger partial charge in [0.1, 0.15) is 5.75 Å². The summed E-state index contributed by atoms with van der Waals surface area (Å²) >= 11 is 0. The van der Waals surface area contributed by atoms with Gasteiger partial charge in [0.2, 0.25) is 10.0 Å². The summed E-state index contributed by atoms with van der Waals surface area (Å²) in [5.41, 5.74) is 10.4. The van der Waals surface area contributed by atoms with Gasteiger partial charge in [-0.05, 0) is 66.6 Å². The lowest BCUT2D eigenvalue weighted by atomic mass is 9.88. The zero-order chi connectivity index (χ0) is 19.9. The number of nitrogens with two attached hydrogens (primary N) is 1. The van der Waals surface area contributed by atoms with Crippen molar-refractivity contribution in [3.63, 3.8) is 0 Å². The summed E-state index contributed by atoms with van der Waals surface area (Å²) in [5.74, 6) is 0.701. The largest absolute Gasteiger partial charge is 0.496 e. The number of ether oxygens (including phenoxy) is 1. The van der Waals surface area contributed by atoms with Crippen LogP contribution >= 0.6 is 0 Å². The number of rotatable bonds is 3. The van der Waals surface area contributed by atoms with Crippen LogP contribution in [0.15, 0.2) is 35.2 Å². The number of methoxy groups -OCH3 is 1. The van der Waals surface area contributed by atoms with E-state index in [2.05, 4.69) is 6.07 Å². The maximum Gasteiger partial charge on any atom is 0.243 e. The molecule has 146 valence electrons. The molecule has 2 N–H and O–H groups in total. The first-order valence-corrected chi connectivity index (χ1v) is 10.8. The van der Waals surface area contributed by atoms with Crippen molar-refractivity contribution in [2.75, 3.05) is 13.7 Å². The van der Waals surface area contributed by atoms with E-state index >= 15 is 0 Å². The monoisotopic (exact) mass is 397 g/mol. The Bertz CT molecular complexity index is 1070. The Morgan fingerprint density at radius 3 is 2.75 bits per heavy atom. The fourth-order valence-corrected chi connectivity index (χ4v) is 5.92. The Kier molecular flexibility index (Phi) is 4.88. The van der Waals surface area contributed by atoms with Gasteiger partial charge in [0.05, 0.1) is 23.6 Å². The minimum absolute atomic E-state index is 0.0191. The molecule has 2 aliphatic rings. The second kappa shape index (κ2) is 7.21. The van der Waals surface area contributed by atoms with Crippen molar-refractivity contribution >= 4 is 10.0 Å². The Balaban J connectivity index is 1.73. The third kappa shape index (κ3) is 3.18. The molecule has 4 rings (SSSR count). The molecule has 1 aliphatic carbocycles. The van der Waals surface area contributed by atoms with Crippen molar-refractivity contribution in [2.24, 2.45) is 5.73 Å². The summed E-state index contributed by atoms with van der Waals surface area (Å²) in [6, 6.07) is 11.0. The SMILES string of the molecule is COc1ccc(S(=O)(=O)N2CCc3ccc(C#N)cc3C2)c2c1C[C@@H](N)CC2. The third-order valence-electron chi connectivity index (χ3n) is 5.73. The number of nitriles is 1. The molecule has 0 unspecified atom stereocenters. The number of hydrogen-bond acceptors (Lipinski definition) is 5. The van der Waals surface area contributed by atoms with Crippen molar-refractivity contribution in [3.8, 4) is 11.8 Å². The molecule has 7 heteroatoms. The highest BCUT2D eigenvalue weighted by molar-refractivity contribution is 7.89. The predicted octanol–water partition coefficient (Wildman–Crippen LogP) is 2.13. The van der Waals surface area contributed by atoms with Gasteiger partial charge in [0, 0.05) is 24.7 Å². The molecule has 0 saturated heterocycles. The van der Waals surface area contributed by atoms with E-state index in [1.165, 1.54) is 4.31 Å². The topological polar surface area (TPSA) is 96.4 Å². The molecule has 6 nitrogen and oxygen atoms in total. The summed E-state index contributed by atoms with van der Waals surface area (Å²) in [6.07, 6.45) is 2.65. The highest BCUT2D eigenvalue weighted by Crippen LogP contribution is 2.36. The molecular weight excluding hydrogens is 374 g/mol. The molecule has 1 aliphatic heterocycles. The zero-order valence-corrected chi connectivity index (χ0v) is 16.6. The van der Waals surface area contributed by atoms with Gasteiger partial charge in [0.15, 0.2) is 0 Å². The van der Waals surface area contributed by atoms with E-state index in [0.29, 0.717) is 42.0 Å². The van der Waals surface area contributed by atoms with Crippen molar-refractivity contribution in [1.82, 2.24) is 4.31 Å². The van der Waals surface area contributed by atoms with Crippen LogP contribution in [0.5, 0.6) is 5.75 Å². The van der Waals surface area contributed by atoms with E-state index in [1.54, 1.807) is 31.4 Å². The van der Waals surface area contributed by atoms with E-state index in [1.807, 2.05) is 6.07 Å². The van der Waals surface area contributed by atoms with Gasteiger partial charge in [-0.25, -0.2) is 8.42 Å². The van der Waals surface area contributed by atoms with Crippen LogP contribution in [0.1, 0.15) is 34.2 Å². The van der Waals surface area contributed by atoms with Crippen molar-refractivity contribution < 1.29 is 13.2 Å². The average Bonchev–Trinajstić information content (AvgIpc) is 2.71. The minimum Gasteiger partial charge on any atom is -0.496 e. The molecule has 2 aromatic carbocycles. The lowest BCUT2D eigenvalue weighted by Gasteiger charge is -2.31. The summed E-state index contributed by atoms with van der Waals surface area (Å²) in [6.45, 7) is 0.717. The number of benzene rings is 2. The van der Waals surface area contributed by atoms with Gasteiger partial charge in [-0.15, -0.1) is 0 Å². The van der Waals surface area contributed by atoms with Gasteiger partial charge in [0.25, 0.3) is 0 Å². The van der Waals surface area contributed by atoms with Crippen LogP contribution in [-0.2, 0) is 35.8 Å². The highest BCUT2D eigenvalue weighted by Gasteiger charge is 2.33. The van der Waals surface area contributed by atoms with E-state index in [4.69, 9.17) is 15.7 Å². The van der Waals surface area contributed by atoms with Crippen molar-refractivity contribution in [1.29, 1.82) is 5.26 Å². The molecule has 0 bridgehead atoms.